The van der Waals surface area contributed by atoms with Gasteiger partial charge in [-0.2, -0.15) is 4.98 Å². The van der Waals surface area contributed by atoms with E-state index in [1.54, 1.807) is 17.6 Å². The van der Waals surface area contributed by atoms with Gasteiger partial charge in [-0.05, 0) is 17.9 Å². The number of hydrogen-bond donors (Lipinski definition) is 0. The van der Waals surface area contributed by atoms with Crippen LogP contribution in [-0.4, -0.2) is 19.5 Å². The van der Waals surface area contributed by atoms with E-state index in [0.717, 1.165) is 10.6 Å². The number of hydrogen-bond acceptors (Lipinski definition) is 6. The van der Waals surface area contributed by atoms with Crippen LogP contribution in [0.5, 0.6) is 0 Å². The average Bonchev–Trinajstić information content (AvgIpc) is 3.00. The molecule has 0 radical (unpaired) electrons. The molecule has 0 spiro atoms. The van der Waals surface area contributed by atoms with Crippen molar-refractivity contribution in [3.63, 3.8) is 0 Å². The molecular weight excluding hydrogens is 333 g/mol. The van der Waals surface area contributed by atoms with Gasteiger partial charge in [-0.3, -0.25) is 0 Å². The molecule has 1 aliphatic carbocycles. The molecule has 0 bridgehead atoms. The Hall–Kier alpha value is -1.37. The first-order valence-corrected chi connectivity index (χ1v) is 7.94. The largest absolute Gasteiger partial charge is 0.444 e. The summed E-state index contributed by atoms with van der Waals surface area (Å²) in [6.07, 6.45) is 2.68. The van der Waals surface area contributed by atoms with E-state index in [1.165, 1.54) is 0 Å². The fourth-order valence-electron chi connectivity index (χ4n) is 2.03. The molecule has 3 heterocycles. The lowest BCUT2D eigenvalue weighted by Gasteiger charge is -1.90. The van der Waals surface area contributed by atoms with Crippen molar-refractivity contribution in [2.45, 2.75) is 23.1 Å². The Balaban J connectivity index is 1.49. The number of nitrogens with zero attached hydrogens (tertiary/aromatic N) is 3. The van der Waals surface area contributed by atoms with Crippen LogP contribution in [0.4, 0.5) is 0 Å². The fourth-order valence-corrected chi connectivity index (χ4v) is 3.19. The highest BCUT2D eigenvalue weighted by molar-refractivity contribution is 7.13. The molecule has 0 aromatic carbocycles. The van der Waals surface area contributed by atoms with Crippen LogP contribution in [0.25, 0.3) is 10.8 Å². The Labute approximate surface area is 133 Å². The molecule has 1 atom stereocenters. The van der Waals surface area contributed by atoms with Crippen LogP contribution in [-0.2, 0) is 6.42 Å². The number of thiophene rings is 1. The van der Waals surface area contributed by atoms with E-state index >= 15 is 0 Å². The van der Waals surface area contributed by atoms with Gasteiger partial charge in [0.05, 0.1) is 22.9 Å². The van der Waals surface area contributed by atoms with Gasteiger partial charge >= 0.3 is 0 Å². The Morgan fingerprint density at radius 1 is 1.38 bits per heavy atom. The maximum absolute atomic E-state index is 5.99. The molecule has 5 nitrogen and oxygen atoms in total. The molecule has 1 aliphatic rings. The Morgan fingerprint density at radius 2 is 2.24 bits per heavy atom. The fraction of sp³-hybridized carbons (Fsp3) is 0.308. The summed E-state index contributed by atoms with van der Waals surface area (Å²) in [5.74, 6) is 1.59. The topological polar surface area (TPSA) is 65.0 Å². The molecule has 0 N–H and O–H groups in total. The minimum atomic E-state index is -0.749. The number of rotatable bonds is 4. The van der Waals surface area contributed by atoms with Crippen LogP contribution in [0, 0.1) is 0 Å². The zero-order valence-corrected chi connectivity index (χ0v) is 13.0. The molecule has 1 saturated carbocycles. The first kappa shape index (κ1) is 13.3. The predicted octanol–water partition coefficient (Wildman–Crippen LogP) is 4.04. The number of halogens is 2. The molecule has 0 saturated heterocycles. The van der Waals surface area contributed by atoms with Crippen molar-refractivity contribution in [1.82, 2.24) is 15.1 Å². The number of aromatic nitrogens is 3. The normalized spacial score (nSPS) is 19.8. The van der Waals surface area contributed by atoms with E-state index in [1.807, 2.05) is 17.5 Å². The standard InChI is InChI=1S/C13H9Cl2N3O2S/c14-13(15)5-8(13)11-17-10(20-18-11)4-7-6-19-12(16-7)9-2-1-3-21-9/h1-3,6,8H,4-5H2. The number of alkyl halides is 2. The second kappa shape index (κ2) is 4.83. The third kappa shape index (κ3) is 2.59. The second-order valence-electron chi connectivity index (χ2n) is 4.86. The van der Waals surface area contributed by atoms with Gasteiger partial charge < -0.3 is 8.94 Å². The van der Waals surface area contributed by atoms with E-state index in [0.29, 0.717) is 30.4 Å². The predicted molar refractivity (Wildman–Crippen MR) is 78.7 cm³/mol. The van der Waals surface area contributed by atoms with Crippen molar-refractivity contribution in [2.24, 2.45) is 0 Å². The molecule has 108 valence electrons. The van der Waals surface area contributed by atoms with Crippen LogP contribution >= 0.6 is 34.5 Å². The molecule has 0 amide bonds. The third-order valence-electron chi connectivity index (χ3n) is 3.24. The first-order valence-electron chi connectivity index (χ1n) is 6.30. The van der Waals surface area contributed by atoms with Gasteiger partial charge in [0.2, 0.25) is 11.8 Å². The first-order chi connectivity index (χ1) is 10.1. The van der Waals surface area contributed by atoms with E-state index in [4.69, 9.17) is 32.1 Å². The highest BCUT2D eigenvalue weighted by atomic mass is 35.5. The van der Waals surface area contributed by atoms with E-state index in [2.05, 4.69) is 15.1 Å². The molecule has 4 rings (SSSR count). The van der Waals surface area contributed by atoms with Gasteiger partial charge in [-0.1, -0.05) is 11.2 Å². The van der Waals surface area contributed by atoms with Crippen LogP contribution in [0.2, 0.25) is 0 Å². The maximum Gasteiger partial charge on any atom is 0.236 e. The summed E-state index contributed by atoms with van der Waals surface area (Å²) in [7, 11) is 0. The molecule has 3 aromatic heterocycles. The van der Waals surface area contributed by atoms with Gasteiger partial charge in [-0.25, -0.2) is 4.98 Å². The Morgan fingerprint density at radius 3 is 2.95 bits per heavy atom. The van der Waals surface area contributed by atoms with Gasteiger partial charge in [-0.15, -0.1) is 34.5 Å². The molecule has 1 fully saturated rings. The van der Waals surface area contributed by atoms with Crippen molar-refractivity contribution in [3.8, 4) is 10.8 Å². The summed E-state index contributed by atoms with van der Waals surface area (Å²) in [4.78, 5) is 9.71. The molecule has 8 heteroatoms. The van der Waals surface area contributed by atoms with Gasteiger partial charge in [0, 0.05) is 0 Å². The monoisotopic (exact) mass is 341 g/mol. The van der Waals surface area contributed by atoms with E-state index < -0.39 is 4.33 Å². The highest BCUT2D eigenvalue weighted by Crippen LogP contribution is 2.58. The second-order valence-corrected chi connectivity index (χ2v) is 7.35. The van der Waals surface area contributed by atoms with Crippen molar-refractivity contribution in [1.29, 1.82) is 0 Å². The molecule has 3 aromatic rings. The van der Waals surface area contributed by atoms with Gasteiger partial charge in [0.1, 0.15) is 10.6 Å². The summed E-state index contributed by atoms with van der Waals surface area (Å²) in [6.45, 7) is 0. The molecule has 1 unspecified atom stereocenters. The zero-order chi connectivity index (χ0) is 14.4. The molecule has 21 heavy (non-hydrogen) atoms. The average molecular weight is 342 g/mol. The Kier molecular flexibility index (Phi) is 3.06. The minimum absolute atomic E-state index is 0.0441. The Bertz CT molecular complexity index is 766. The van der Waals surface area contributed by atoms with Crippen molar-refractivity contribution >= 4 is 34.5 Å². The summed E-state index contributed by atoms with van der Waals surface area (Å²) in [6, 6.07) is 3.91. The summed E-state index contributed by atoms with van der Waals surface area (Å²) in [5.41, 5.74) is 0.743. The van der Waals surface area contributed by atoms with Gasteiger partial charge in [0.25, 0.3) is 0 Å². The number of oxazole rings is 1. The van der Waals surface area contributed by atoms with Crippen molar-refractivity contribution < 1.29 is 8.94 Å². The lowest BCUT2D eigenvalue weighted by atomic mass is 10.3. The summed E-state index contributed by atoms with van der Waals surface area (Å²) >= 11 is 13.6. The van der Waals surface area contributed by atoms with Crippen molar-refractivity contribution in [3.05, 3.63) is 41.2 Å². The van der Waals surface area contributed by atoms with Crippen LogP contribution in [0.15, 0.2) is 32.7 Å². The smallest absolute Gasteiger partial charge is 0.236 e. The van der Waals surface area contributed by atoms with Gasteiger partial charge in [0.15, 0.2) is 5.82 Å². The summed E-state index contributed by atoms with van der Waals surface area (Å²) < 4.78 is 9.91. The van der Waals surface area contributed by atoms with Crippen LogP contribution in [0.1, 0.15) is 29.7 Å². The van der Waals surface area contributed by atoms with E-state index in [-0.39, 0.29) is 5.92 Å². The van der Waals surface area contributed by atoms with Crippen molar-refractivity contribution in [2.75, 3.05) is 0 Å². The maximum atomic E-state index is 5.99. The minimum Gasteiger partial charge on any atom is -0.444 e. The van der Waals surface area contributed by atoms with Crippen LogP contribution < -0.4 is 0 Å². The van der Waals surface area contributed by atoms with E-state index in [9.17, 15) is 0 Å². The lowest BCUT2D eigenvalue weighted by Crippen LogP contribution is -1.93. The molecular formula is C13H9Cl2N3O2S. The lowest BCUT2D eigenvalue weighted by molar-refractivity contribution is 0.378. The SMILES string of the molecule is ClC1(Cl)CC1c1noc(Cc2coc(-c3cccs3)n2)n1. The zero-order valence-electron chi connectivity index (χ0n) is 10.6. The third-order valence-corrected chi connectivity index (χ3v) is 4.93. The quantitative estimate of drug-likeness (QED) is 0.670. The highest BCUT2D eigenvalue weighted by Gasteiger charge is 2.55. The van der Waals surface area contributed by atoms with Crippen LogP contribution in [0.3, 0.4) is 0 Å². The molecule has 0 aliphatic heterocycles. The summed E-state index contributed by atoms with van der Waals surface area (Å²) in [5, 5.41) is 5.89.